The molecule has 1 aliphatic rings. The van der Waals surface area contributed by atoms with E-state index >= 15 is 0 Å². The molecule has 1 aliphatic heterocycles. The predicted octanol–water partition coefficient (Wildman–Crippen LogP) is 2.62. The van der Waals surface area contributed by atoms with Crippen molar-refractivity contribution >= 4 is 27.4 Å². The molecule has 6 heteroatoms. The van der Waals surface area contributed by atoms with E-state index in [9.17, 15) is 0 Å². The van der Waals surface area contributed by atoms with Crippen LogP contribution < -0.4 is 11.3 Å². The van der Waals surface area contributed by atoms with Gasteiger partial charge in [-0.25, -0.2) is 15.8 Å². The van der Waals surface area contributed by atoms with Crippen molar-refractivity contribution in [2.75, 3.05) is 12.0 Å². The molecule has 0 aromatic carbocycles. The van der Waals surface area contributed by atoms with Crippen LogP contribution in [0.25, 0.3) is 10.2 Å². The third-order valence-corrected chi connectivity index (χ3v) is 4.96. The number of hydrogen-bond acceptors (Lipinski definition) is 6. The summed E-state index contributed by atoms with van der Waals surface area (Å²) in [7, 11) is 0. The van der Waals surface area contributed by atoms with Crippen LogP contribution in [0.5, 0.6) is 0 Å². The molecule has 1 unspecified atom stereocenters. The van der Waals surface area contributed by atoms with Crippen LogP contribution in [0.15, 0.2) is 0 Å². The maximum absolute atomic E-state index is 5.82. The van der Waals surface area contributed by atoms with Gasteiger partial charge in [-0.15, -0.1) is 11.3 Å². The normalized spacial score (nSPS) is 23.2. The van der Waals surface area contributed by atoms with E-state index in [0.717, 1.165) is 35.5 Å². The van der Waals surface area contributed by atoms with E-state index in [1.54, 1.807) is 11.3 Å². The summed E-state index contributed by atoms with van der Waals surface area (Å²) in [6.45, 7) is 6.99. The van der Waals surface area contributed by atoms with Gasteiger partial charge in [-0.3, -0.25) is 0 Å². The first kappa shape index (κ1) is 12.8. The highest BCUT2D eigenvalue weighted by molar-refractivity contribution is 7.18. The molecular formula is C13H18N4OS. The van der Waals surface area contributed by atoms with Crippen molar-refractivity contribution < 1.29 is 4.74 Å². The number of anilines is 1. The maximum atomic E-state index is 5.82. The van der Waals surface area contributed by atoms with Crippen molar-refractivity contribution in [1.29, 1.82) is 0 Å². The highest BCUT2D eigenvalue weighted by Crippen LogP contribution is 2.38. The van der Waals surface area contributed by atoms with E-state index in [0.29, 0.717) is 5.82 Å². The molecule has 2 aromatic heterocycles. The summed E-state index contributed by atoms with van der Waals surface area (Å²) >= 11 is 1.68. The Balaban J connectivity index is 2.23. The number of nitrogen functional groups attached to an aromatic ring is 1. The number of nitrogens with zero attached hydrogens (tertiary/aromatic N) is 2. The highest BCUT2D eigenvalue weighted by atomic mass is 32.1. The molecule has 0 aliphatic carbocycles. The Morgan fingerprint density at radius 2 is 2.16 bits per heavy atom. The number of aryl methyl sites for hydroxylation is 2. The second-order valence-electron chi connectivity index (χ2n) is 5.19. The standard InChI is InChI=1S/C13H18N4OS/c1-7-8(2)19-11-9(7)10(17-14)15-12(16-11)13(3)5-4-6-18-13/h4-6,14H2,1-3H3,(H,15,16,17). The summed E-state index contributed by atoms with van der Waals surface area (Å²) in [5, 5.41) is 1.02. The summed E-state index contributed by atoms with van der Waals surface area (Å²) < 4.78 is 5.82. The van der Waals surface area contributed by atoms with Crippen LogP contribution in [-0.4, -0.2) is 16.6 Å². The van der Waals surface area contributed by atoms with E-state index in [-0.39, 0.29) is 5.60 Å². The molecule has 0 radical (unpaired) electrons. The van der Waals surface area contributed by atoms with Gasteiger partial charge in [0, 0.05) is 11.5 Å². The molecule has 0 saturated carbocycles. The Hall–Kier alpha value is -1.24. The molecule has 0 spiro atoms. The van der Waals surface area contributed by atoms with Crippen LogP contribution in [0.3, 0.4) is 0 Å². The Bertz CT molecular complexity index is 631. The predicted molar refractivity (Wildman–Crippen MR) is 77.2 cm³/mol. The fraction of sp³-hybridized carbons (Fsp3) is 0.538. The zero-order valence-electron chi connectivity index (χ0n) is 11.4. The summed E-state index contributed by atoms with van der Waals surface area (Å²) in [6, 6.07) is 0. The minimum Gasteiger partial charge on any atom is -0.367 e. The molecule has 2 aromatic rings. The van der Waals surface area contributed by atoms with Crippen LogP contribution in [0.1, 0.15) is 36.0 Å². The SMILES string of the molecule is Cc1sc2nc(C3(C)CCCO3)nc(NN)c2c1C. The van der Waals surface area contributed by atoms with Crippen LogP contribution in [0, 0.1) is 13.8 Å². The second kappa shape index (κ2) is 4.40. The van der Waals surface area contributed by atoms with Crippen LogP contribution >= 0.6 is 11.3 Å². The number of nitrogens with two attached hydrogens (primary N) is 1. The smallest absolute Gasteiger partial charge is 0.164 e. The van der Waals surface area contributed by atoms with Gasteiger partial charge in [0.2, 0.25) is 0 Å². The van der Waals surface area contributed by atoms with Gasteiger partial charge in [0.15, 0.2) is 11.6 Å². The number of nitrogens with one attached hydrogen (secondary N) is 1. The third-order valence-electron chi connectivity index (χ3n) is 3.86. The number of aromatic nitrogens is 2. The lowest BCUT2D eigenvalue weighted by atomic mass is 10.0. The van der Waals surface area contributed by atoms with Gasteiger partial charge in [0.25, 0.3) is 0 Å². The zero-order valence-corrected chi connectivity index (χ0v) is 12.2. The molecule has 1 fully saturated rings. The van der Waals surface area contributed by atoms with Gasteiger partial charge < -0.3 is 10.2 Å². The number of thiophene rings is 1. The molecule has 3 rings (SSSR count). The minimum atomic E-state index is -0.383. The molecule has 0 bridgehead atoms. The Morgan fingerprint density at radius 1 is 1.37 bits per heavy atom. The lowest BCUT2D eigenvalue weighted by Crippen LogP contribution is -2.24. The summed E-state index contributed by atoms with van der Waals surface area (Å²) in [5.41, 5.74) is 3.51. The van der Waals surface area contributed by atoms with E-state index in [2.05, 4.69) is 31.2 Å². The monoisotopic (exact) mass is 278 g/mol. The molecule has 102 valence electrons. The van der Waals surface area contributed by atoms with Crippen LogP contribution in [0.2, 0.25) is 0 Å². The van der Waals surface area contributed by atoms with Crippen molar-refractivity contribution in [2.45, 2.75) is 39.2 Å². The Morgan fingerprint density at radius 3 is 2.79 bits per heavy atom. The van der Waals surface area contributed by atoms with Crippen LogP contribution in [0.4, 0.5) is 5.82 Å². The highest BCUT2D eigenvalue weighted by Gasteiger charge is 2.35. The number of rotatable bonds is 2. The van der Waals surface area contributed by atoms with Crippen molar-refractivity contribution in [3.8, 4) is 0 Å². The molecule has 3 N–H and O–H groups in total. The molecule has 3 heterocycles. The first-order chi connectivity index (χ1) is 9.05. The molecule has 5 nitrogen and oxygen atoms in total. The first-order valence-corrected chi connectivity index (χ1v) is 7.25. The number of ether oxygens (including phenoxy) is 1. The van der Waals surface area contributed by atoms with Crippen LogP contribution in [-0.2, 0) is 10.3 Å². The Labute approximate surface area is 116 Å². The molecule has 1 saturated heterocycles. The van der Waals surface area contributed by atoms with E-state index in [4.69, 9.17) is 15.6 Å². The van der Waals surface area contributed by atoms with Gasteiger partial charge in [-0.1, -0.05) is 0 Å². The first-order valence-electron chi connectivity index (χ1n) is 6.44. The fourth-order valence-electron chi connectivity index (χ4n) is 2.55. The minimum absolute atomic E-state index is 0.383. The number of hydrogen-bond donors (Lipinski definition) is 2. The van der Waals surface area contributed by atoms with Gasteiger partial charge >= 0.3 is 0 Å². The quantitative estimate of drug-likeness (QED) is 0.652. The molecule has 19 heavy (non-hydrogen) atoms. The number of fused-ring (bicyclic) bond motifs is 1. The molecular weight excluding hydrogens is 260 g/mol. The van der Waals surface area contributed by atoms with E-state index in [1.807, 2.05) is 0 Å². The topological polar surface area (TPSA) is 73.1 Å². The third kappa shape index (κ3) is 1.91. The van der Waals surface area contributed by atoms with Crippen molar-refractivity contribution in [3.63, 3.8) is 0 Å². The number of hydrazine groups is 1. The largest absolute Gasteiger partial charge is 0.367 e. The van der Waals surface area contributed by atoms with Crippen molar-refractivity contribution in [2.24, 2.45) is 5.84 Å². The van der Waals surface area contributed by atoms with Crippen molar-refractivity contribution in [1.82, 2.24) is 9.97 Å². The van der Waals surface area contributed by atoms with E-state index in [1.165, 1.54) is 10.4 Å². The second-order valence-corrected chi connectivity index (χ2v) is 6.39. The summed E-state index contributed by atoms with van der Waals surface area (Å²) in [5.74, 6) is 7.05. The average molecular weight is 278 g/mol. The summed E-state index contributed by atoms with van der Waals surface area (Å²) in [6.07, 6.45) is 2.00. The van der Waals surface area contributed by atoms with E-state index < -0.39 is 0 Å². The van der Waals surface area contributed by atoms with Gasteiger partial charge in [-0.05, 0) is 39.2 Å². The molecule has 1 atom stereocenters. The average Bonchev–Trinajstić information content (AvgIpc) is 2.95. The maximum Gasteiger partial charge on any atom is 0.164 e. The lowest BCUT2D eigenvalue weighted by Gasteiger charge is -2.21. The fourth-order valence-corrected chi connectivity index (χ4v) is 3.58. The Kier molecular flexibility index (Phi) is 2.96. The zero-order chi connectivity index (χ0) is 13.6. The lowest BCUT2D eigenvalue weighted by molar-refractivity contribution is 0.00976. The van der Waals surface area contributed by atoms with Gasteiger partial charge in [0.05, 0.1) is 5.39 Å². The molecule has 0 amide bonds. The van der Waals surface area contributed by atoms with Gasteiger partial charge in [-0.2, -0.15) is 0 Å². The van der Waals surface area contributed by atoms with Crippen molar-refractivity contribution in [3.05, 3.63) is 16.3 Å². The summed E-state index contributed by atoms with van der Waals surface area (Å²) in [4.78, 5) is 11.5. The van der Waals surface area contributed by atoms with Gasteiger partial charge in [0.1, 0.15) is 10.4 Å².